The Bertz CT molecular complexity index is 675. The molecule has 0 amide bonds. The minimum absolute atomic E-state index is 0.336. The summed E-state index contributed by atoms with van der Waals surface area (Å²) in [6.45, 7) is 17.0. The van der Waals surface area contributed by atoms with Crippen molar-refractivity contribution in [1.82, 2.24) is 0 Å². The predicted molar refractivity (Wildman–Crippen MR) is 224 cm³/mol. The number of carbonyl (C=O) groups is 1. The average molecular weight is 721 g/mol. The Balaban J connectivity index is 4.97. The van der Waals surface area contributed by atoms with Gasteiger partial charge >= 0.3 is 5.97 Å². The molecular formula is C47H92O4. The lowest BCUT2D eigenvalue weighted by Gasteiger charge is -2.23. The van der Waals surface area contributed by atoms with Crippen LogP contribution in [-0.4, -0.2) is 38.5 Å². The van der Waals surface area contributed by atoms with E-state index in [1.807, 2.05) is 0 Å². The maximum absolute atomic E-state index is 12.6. The highest BCUT2D eigenvalue weighted by molar-refractivity contribution is 5.87. The number of esters is 1. The minimum Gasteiger partial charge on any atom is -0.454 e. The van der Waals surface area contributed by atoms with Crippen LogP contribution in [0, 0.1) is 11.8 Å². The topological polar surface area (TPSA) is 44.8 Å². The molecule has 51 heavy (non-hydrogen) atoms. The van der Waals surface area contributed by atoms with E-state index < -0.39 is 0 Å². The van der Waals surface area contributed by atoms with Crippen molar-refractivity contribution in [3.05, 3.63) is 12.2 Å². The largest absolute Gasteiger partial charge is 0.454 e. The summed E-state index contributed by atoms with van der Waals surface area (Å²) in [7, 11) is 0. The van der Waals surface area contributed by atoms with Gasteiger partial charge in [-0.3, -0.25) is 0 Å². The van der Waals surface area contributed by atoms with Crippen LogP contribution in [0.4, 0.5) is 0 Å². The van der Waals surface area contributed by atoms with Crippen molar-refractivity contribution in [1.29, 1.82) is 0 Å². The van der Waals surface area contributed by atoms with Crippen LogP contribution in [0.15, 0.2) is 12.2 Å². The zero-order valence-electron chi connectivity index (χ0n) is 35.5. The summed E-state index contributed by atoms with van der Waals surface area (Å²) >= 11 is 0. The highest BCUT2D eigenvalue weighted by atomic mass is 16.6. The predicted octanol–water partition coefficient (Wildman–Crippen LogP) is 15.3. The molecular weight excluding hydrogens is 629 g/mol. The number of unbranched alkanes of at least 4 members (excludes halogenated alkanes) is 24. The van der Waals surface area contributed by atoms with E-state index in [1.165, 1.54) is 205 Å². The van der Waals surface area contributed by atoms with Crippen LogP contribution in [0.2, 0.25) is 0 Å². The van der Waals surface area contributed by atoms with E-state index in [0.29, 0.717) is 30.6 Å². The SMILES string of the molecule is C=C(C)C(=O)OC(COCC(CCCCCCCC)CCCCCCCCCC)COCC(CCCCCCCC)CCCCCCCCCC. The smallest absolute Gasteiger partial charge is 0.333 e. The third kappa shape index (κ3) is 35.9. The zero-order chi connectivity index (χ0) is 37.5. The van der Waals surface area contributed by atoms with Gasteiger partial charge in [-0.25, -0.2) is 4.79 Å². The van der Waals surface area contributed by atoms with Crippen LogP contribution in [0.1, 0.15) is 240 Å². The molecule has 0 radical (unpaired) electrons. The van der Waals surface area contributed by atoms with Gasteiger partial charge in [-0.15, -0.1) is 0 Å². The average Bonchev–Trinajstić information content (AvgIpc) is 3.12. The second-order valence-electron chi connectivity index (χ2n) is 16.3. The van der Waals surface area contributed by atoms with Crippen molar-refractivity contribution in [2.24, 2.45) is 11.8 Å². The number of hydrogen-bond donors (Lipinski definition) is 0. The maximum atomic E-state index is 12.6. The Hall–Kier alpha value is -0.870. The van der Waals surface area contributed by atoms with Gasteiger partial charge in [0.15, 0.2) is 0 Å². The second kappa shape index (κ2) is 40.3. The van der Waals surface area contributed by atoms with Crippen LogP contribution < -0.4 is 0 Å². The van der Waals surface area contributed by atoms with Crippen LogP contribution in [-0.2, 0) is 19.0 Å². The summed E-state index contributed by atoms with van der Waals surface area (Å²) in [5.41, 5.74) is 0.436. The summed E-state index contributed by atoms with van der Waals surface area (Å²) < 4.78 is 18.6. The molecule has 0 saturated carbocycles. The minimum atomic E-state index is -0.384. The first-order chi connectivity index (χ1) is 25.0. The number of hydrogen-bond acceptors (Lipinski definition) is 4. The Morgan fingerprint density at radius 3 is 0.922 bits per heavy atom. The van der Waals surface area contributed by atoms with Crippen molar-refractivity contribution in [3.8, 4) is 0 Å². The molecule has 0 saturated heterocycles. The molecule has 0 spiro atoms. The molecule has 4 heteroatoms. The fraction of sp³-hybridized carbons (Fsp3) is 0.936. The van der Waals surface area contributed by atoms with Crippen LogP contribution in [0.3, 0.4) is 0 Å². The fourth-order valence-electron chi connectivity index (χ4n) is 7.28. The monoisotopic (exact) mass is 721 g/mol. The number of ether oxygens (including phenoxy) is 3. The molecule has 0 N–H and O–H groups in total. The van der Waals surface area contributed by atoms with Crippen molar-refractivity contribution in [2.75, 3.05) is 26.4 Å². The van der Waals surface area contributed by atoms with E-state index in [4.69, 9.17) is 14.2 Å². The normalized spacial score (nSPS) is 13.4. The molecule has 2 atom stereocenters. The van der Waals surface area contributed by atoms with Crippen molar-refractivity contribution in [3.63, 3.8) is 0 Å². The summed E-state index contributed by atoms with van der Waals surface area (Å²) in [5.74, 6) is 0.836. The Kier molecular flexibility index (Phi) is 39.6. The number of rotatable bonds is 42. The van der Waals surface area contributed by atoms with Crippen LogP contribution >= 0.6 is 0 Å². The third-order valence-electron chi connectivity index (χ3n) is 10.8. The maximum Gasteiger partial charge on any atom is 0.333 e. The molecule has 304 valence electrons. The Morgan fingerprint density at radius 1 is 0.412 bits per heavy atom. The summed E-state index contributed by atoms with van der Waals surface area (Å²) in [6.07, 6.45) is 42.3. The first kappa shape index (κ1) is 50.1. The fourth-order valence-corrected chi connectivity index (χ4v) is 7.28. The lowest BCUT2D eigenvalue weighted by molar-refractivity contribution is -0.152. The molecule has 0 aromatic heterocycles. The van der Waals surface area contributed by atoms with E-state index in [1.54, 1.807) is 6.92 Å². The Labute approximate surface area is 320 Å². The molecule has 0 heterocycles. The summed E-state index contributed by atoms with van der Waals surface area (Å²) in [6, 6.07) is 0. The summed E-state index contributed by atoms with van der Waals surface area (Å²) in [5, 5.41) is 0. The highest BCUT2D eigenvalue weighted by Gasteiger charge is 2.19. The molecule has 0 aliphatic heterocycles. The third-order valence-corrected chi connectivity index (χ3v) is 10.8. The van der Waals surface area contributed by atoms with Crippen molar-refractivity contribution in [2.45, 2.75) is 246 Å². The quantitative estimate of drug-likeness (QED) is 0.0358. The van der Waals surface area contributed by atoms with Crippen molar-refractivity contribution < 1.29 is 19.0 Å². The van der Waals surface area contributed by atoms with Gasteiger partial charge in [-0.05, 0) is 44.4 Å². The van der Waals surface area contributed by atoms with Gasteiger partial charge in [0, 0.05) is 18.8 Å². The molecule has 2 unspecified atom stereocenters. The van der Waals surface area contributed by atoms with Gasteiger partial charge < -0.3 is 14.2 Å². The van der Waals surface area contributed by atoms with Gasteiger partial charge in [-0.2, -0.15) is 0 Å². The van der Waals surface area contributed by atoms with E-state index in [9.17, 15) is 4.79 Å². The van der Waals surface area contributed by atoms with Crippen LogP contribution in [0.5, 0.6) is 0 Å². The van der Waals surface area contributed by atoms with Gasteiger partial charge in [0.1, 0.15) is 6.10 Å². The lowest BCUT2D eigenvalue weighted by Crippen LogP contribution is -2.30. The Morgan fingerprint density at radius 2 is 0.667 bits per heavy atom. The van der Waals surface area contributed by atoms with Gasteiger partial charge in [-0.1, -0.05) is 214 Å². The summed E-state index contributed by atoms with van der Waals surface area (Å²) in [4.78, 5) is 12.6. The molecule has 0 rings (SSSR count). The second-order valence-corrected chi connectivity index (χ2v) is 16.3. The van der Waals surface area contributed by atoms with E-state index in [2.05, 4.69) is 34.3 Å². The van der Waals surface area contributed by atoms with Gasteiger partial charge in [0.2, 0.25) is 0 Å². The van der Waals surface area contributed by atoms with Crippen molar-refractivity contribution >= 4 is 5.97 Å². The first-order valence-electron chi connectivity index (χ1n) is 23.0. The molecule has 4 nitrogen and oxygen atoms in total. The first-order valence-corrected chi connectivity index (χ1v) is 23.0. The number of carbonyl (C=O) groups excluding carboxylic acids is 1. The van der Waals surface area contributed by atoms with Gasteiger partial charge in [0.25, 0.3) is 0 Å². The zero-order valence-corrected chi connectivity index (χ0v) is 35.5. The lowest BCUT2D eigenvalue weighted by atomic mass is 9.94. The van der Waals surface area contributed by atoms with Crippen LogP contribution in [0.25, 0.3) is 0 Å². The van der Waals surface area contributed by atoms with E-state index in [-0.39, 0.29) is 12.1 Å². The van der Waals surface area contributed by atoms with Gasteiger partial charge in [0.05, 0.1) is 13.2 Å². The van der Waals surface area contributed by atoms with E-state index >= 15 is 0 Å². The molecule has 0 fully saturated rings. The molecule has 0 aromatic rings. The molecule has 0 aromatic carbocycles. The highest BCUT2D eigenvalue weighted by Crippen LogP contribution is 2.22. The molecule has 0 aliphatic rings. The van der Waals surface area contributed by atoms with E-state index in [0.717, 1.165) is 13.2 Å². The molecule has 0 aliphatic carbocycles. The standard InChI is InChI=1S/C47H92O4/c1-7-11-15-19-23-25-29-33-37-44(35-31-27-21-17-13-9-3)39-49-41-46(51-47(48)43(5)6)42-50-40-45(36-32-28-22-18-14-10-4)38-34-30-26-24-20-16-12-8-2/h44-46H,5,7-42H2,1-4,6H3. The molecule has 0 bridgehead atoms.